The molecule has 0 aliphatic heterocycles. The molecule has 0 saturated heterocycles. The van der Waals surface area contributed by atoms with Gasteiger partial charge in [-0.2, -0.15) is 9.80 Å². The van der Waals surface area contributed by atoms with Crippen LogP contribution in [0.3, 0.4) is 0 Å². The molecule has 3 rings (SSSR count). The quantitative estimate of drug-likeness (QED) is 0.316. The molecule has 2 aromatic carbocycles. The number of rotatable bonds is 4. The van der Waals surface area contributed by atoms with Crippen molar-refractivity contribution >= 4 is 34.4 Å². The maximum atomic E-state index is 12.5. The van der Waals surface area contributed by atoms with E-state index in [9.17, 15) is 14.9 Å². The fourth-order valence-corrected chi connectivity index (χ4v) is 2.39. The lowest BCUT2D eigenvalue weighted by Gasteiger charge is -1.99. The van der Waals surface area contributed by atoms with Crippen molar-refractivity contribution in [1.29, 1.82) is 0 Å². The lowest BCUT2D eigenvalue weighted by molar-refractivity contribution is -0.384. The number of nitro benzene ring substituents is 1. The lowest BCUT2D eigenvalue weighted by Crippen LogP contribution is -2.29. The number of nitro groups is 1. The number of aromatic nitrogens is 2. The Morgan fingerprint density at radius 3 is 2.54 bits per heavy atom. The summed E-state index contributed by atoms with van der Waals surface area (Å²) >= 11 is 4.86. The van der Waals surface area contributed by atoms with Gasteiger partial charge in [0.25, 0.3) is 5.69 Å². The first kappa shape index (κ1) is 17.2. The molecule has 0 aliphatic carbocycles. The highest BCUT2D eigenvalue weighted by Crippen LogP contribution is 2.28. The van der Waals surface area contributed by atoms with Crippen LogP contribution in [0.4, 0.5) is 17.1 Å². The first-order chi connectivity index (χ1) is 12.5. The summed E-state index contributed by atoms with van der Waals surface area (Å²) < 4.78 is 0.986. The van der Waals surface area contributed by atoms with Gasteiger partial charge in [-0.1, -0.05) is 36.4 Å². The summed E-state index contributed by atoms with van der Waals surface area (Å²) in [6.45, 7) is 0. The first-order valence-electron chi connectivity index (χ1n) is 7.34. The maximum Gasteiger partial charge on any atom is 0.301 e. The van der Waals surface area contributed by atoms with E-state index in [2.05, 4.69) is 15.3 Å². The van der Waals surface area contributed by atoms with Crippen LogP contribution in [0.2, 0.25) is 0 Å². The third kappa shape index (κ3) is 3.39. The fourth-order valence-electron chi connectivity index (χ4n) is 2.26. The third-order valence-electron chi connectivity index (χ3n) is 3.45. The molecule has 0 unspecified atom stereocenters. The van der Waals surface area contributed by atoms with Crippen molar-refractivity contribution in [2.24, 2.45) is 16.0 Å². The fraction of sp³-hybridized carbons (Fsp3) is 0. The van der Waals surface area contributed by atoms with Gasteiger partial charge < -0.3 is 5.73 Å². The molecule has 1 heterocycles. The molecule has 3 N–H and O–H groups in total. The van der Waals surface area contributed by atoms with Crippen LogP contribution < -0.4 is 11.3 Å². The van der Waals surface area contributed by atoms with Crippen LogP contribution in [0.15, 0.2) is 69.6 Å². The Balaban J connectivity index is 2.09. The molecule has 0 bridgehead atoms. The second kappa shape index (κ2) is 7.07. The van der Waals surface area contributed by atoms with E-state index in [0.717, 1.165) is 4.68 Å². The Labute approximate surface area is 151 Å². The summed E-state index contributed by atoms with van der Waals surface area (Å²) in [5, 5.41) is 21.4. The first-order valence-corrected chi connectivity index (χ1v) is 7.74. The summed E-state index contributed by atoms with van der Waals surface area (Å²) in [4.78, 5) is 22.8. The Morgan fingerprint density at radius 2 is 1.88 bits per heavy atom. The predicted molar refractivity (Wildman–Crippen MR) is 99.9 cm³/mol. The molecule has 0 fully saturated rings. The third-order valence-corrected chi connectivity index (χ3v) is 3.64. The van der Waals surface area contributed by atoms with E-state index in [4.69, 9.17) is 18.0 Å². The molecule has 0 spiro atoms. The van der Waals surface area contributed by atoms with Crippen molar-refractivity contribution in [2.75, 3.05) is 0 Å². The van der Waals surface area contributed by atoms with Gasteiger partial charge in [0, 0.05) is 17.7 Å². The number of nitrogens with zero attached hydrogens (tertiary/aromatic N) is 4. The van der Waals surface area contributed by atoms with Crippen LogP contribution in [-0.2, 0) is 0 Å². The van der Waals surface area contributed by atoms with Gasteiger partial charge in [-0.25, -0.2) is 0 Å². The largest absolute Gasteiger partial charge is 0.374 e. The van der Waals surface area contributed by atoms with Gasteiger partial charge in [0.2, 0.25) is 0 Å². The molecule has 9 nitrogen and oxygen atoms in total. The van der Waals surface area contributed by atoms with E-state index < -0.39 is 10.5 Å². The van der Waals surface area contributed by atoms with Crippen LogP contribution in [0, 0.1) is 10.1 Å². The summed E-state index contributed by atoms with van der Waals surface area (Å²) in [5.41, 5.74) is 6.17. The molecule has 0 atom stereocenters. The smallest absolute Gasteiger partial charge is 0.301 e. The molecule has 10 heteroatoms. The Bertz CT molecular complexity index is 1070. The number of azo groups is 1. The van der Waals surface area contributed by atoms with E-state index >= 15 is 0 Å². The number of non-ortho nitro benzene ring substituents is 1. The monoisotopic (exact) mass is 368 g/mol. The van der Waals surface area contributed by atoms with Gasteiger partial charge in [-0.05, 0) is 18.3 Å². The molecule has 0 aliphatic rings. The van der Waals surface area contributed by atoms with Crippen LogP contribution >= 0.6 is 12.2 Å². The summed E-state index contributed by atoms with van der Waals surface area (Å²) in [5.74, 6) is 0. The van der Waals surface area contributed by atoms with E-state index in [0.29, 0.717) is 11.3 Å². The van der Waals surface area contributed by atoms with Gasteiger partial charge in [-0.3, -0.25) is 20.0 Å². The number of thiocarbonyl (C=S) groups is 1. The van der Waals surface area contributed by atoms with Crippen molar-refractivity contribution in [3.63, 3.8) is 0 Å². The van der Waals surface area contributed by atoms with Crippen LogP contribution in [0.5, 0.6) is 0 Å². The average molecular weight is 368 g/mol. The van der Waals surface area contributed by atoms with Gasteiger partial charge in [0.15, 0.2) is 10.8 Å². The van der Waals surface area contributed by atoms with Crippen molar-refractivity contribution in [2.45, 2.75) is 0 Å². The number of aromatic amines is 1. The second-order valence-electron chi connectivity index (χ2n) is 5.16. The lowest BCUT2D eigenvalue weighted by atomic mass is 10.1. The molecule has 1 aromatic heterocycles. The number of nitrogens with one attached hydrogen (secondary N) is 1. The van der Waals surface area contributed by atoms with Crippen LogP contribution in [-0.4, -0.2) is 19.8 Å². The van der Waals surface area contributed by atoms with Crippen LogP contribution in [0.25, 0.3) is 11.3 Å². The van der Waals surface area contributed by atoms with Crippen molar-refractivity contribution in [3.8, 4) is 11.3 Å². The second-order valence-corrected chi connectivity index (χ2v) is 5.58. The zero-order chi connectivity index (χ0) is 18.7. The summed E-state index contributed by atoms with van der Waals surface area (Å²) in [7, 11) is 0. The molecule has 0 radical (unpaired) electrons. The van der Waals surface area contributed by atoms with Crippen LogP contribution in [0.1, 0.15) is 0 Å². The molecule has 26 heavy (non-hydrogen) atoms. The van der Waals surface area contributed by atoms with E-state index in [1.165, 1.54) is 24.3 Å². The molecule has 0 amide bonds. The maximum absolute atomic E-state index is 12.5. The number of nitrogens with two attached hydrogens (primary N) is 1. The zero-order valence-electron chi connectivity index (χ0n) is 13.2. The van der Waals surface area contributed by atoms with E-state index in [1.807, 2.05) is 6.07 Å². The zero-order valence-corrected chi connectivity index (χ0v) is 14.0. The highest BCUT2D eigenvalue weighted by molar-refractivity contribution is 7.80. The SMILES string of the molecule is NC(=S)n1[nH]c(-c2ccccc2)c(N=Nc2cccc([N+](=O)[O-])c2)c1=O. The number of hydrogen-bond acceptors (Lipinski definition) is 6. The van der Waals surface area contributed by atoms with E-state index in [-0.39, 0.29) is 22.2 Å². The van der Waals surface area contributed by atoms with Gasteiger partial charge in [0.05, 0.1) is 16.3 Å². The molecular formula is C16H12N6O3S. The number of hydrogen-bond donors (Lipinski definition) is 2. The standard InChI is InChI=1S/C16H12N6O3S/c17-16(26)21-15(23)14(13(20-21)10-5-2-1-3-6-10)19-18-11-7-4-8-12(9-11)22(24)25/h1-9,20H,(H2,17,26). The normalized spacial score (nSPS) is 10.9. The number of benzene rings is 2. The van der Waals surface area contributed by atoms with Crippen molar-refractivity contribution < 1.29 is 4.92 Å². The van der Waals surface area contributed by atoms with Gasteiger partial charge in [0.1, 0.15) is 0 Å². The topological polar surface area (TPSA) is 132 Å². The Hall–Kier alpha value is -3.66. The average Bonchev–Trinajstić information content (AvgIpc) is 2.97. The Kier molecular flexibility index (Phi) is 4.67. The molecule has 130 valence electrons. The molecule has 3 aromatic rings. The predicted octanol–water partition coefficient (Wildman–Crippen LogP) is 3.26. The summed E-state index contributed by atoms with van der Waals surface area (Å²) in [6, 6.07) is 14.6. The van der Waals surface area contributed by atoms with Crippen molar-refractivity contribution in [1.82, 2.24) is 9.78 Å². The minimum Gasteiger partial charge on any atom is -0.374 e. The van der Waals surface area contributed by atoms with Gasteiger partial charge >= 0.3 is 5.56 Å². The Morgan fingerprint density at radius 1 is 1.15 bits per heavy atom. The minimum atomic E-state index is -0.564. The van der Waals surface area contributed by atoms with Gasteiger partial charge in [-0.15, -0.1) is 5.11 Å². The van der Waals surface area contributed by atoms with E-state index in [1.54, 1.807) is 24.3 Å². The molecule has 0 saturated carbocycles. The van der Waals surface area contributed by atoms with Crippen molar-refractivity contribution in [3.05, 3.63) is 75.1 Å². The minimum absolute atomic E-state index is 0.00416. The summed E-state index contributed by atoms with van der Waals surface area (Å²) in [6.07, 6.45) is 0. The highest BCUT2D eigenvalue weighted by atomic mass is 32.1. The number of H-pyrrole nitrogens is 1. The highest BCUT2D eigenvalue weighted by Gasteiger charge is 2.17. The molecular weight excluding hydrogens is 356 g/mol.